The van der Waals surface area contributed by atoms with Gasteiger partial charge >= 0.3 is 0 Å². The lowest BCUT2D eigenvalue weighted by molar-refractivity contribution is -0.111. The van der Waals surface area contributed by atoms with E-state index in [-0.39, 0.29) is 22.5 Å². The zero-order valence-electron chi connectivity index (χ0n) is 14.2. The van der Waals surface area contributed by atoms with E-state index < -0.39 is 15.9 Å². The number of nitrogens with one attached hydrogen (secondary N) is 2. The van der Waals surface area contributed by atoms with Crippen molar-refractivity contribution in [2.45, 2.75) is 17.4 Å². The van der Waals surface area contributed by atoms with Crippen molar-refractivity contribution in [3.63, 3.8) is 0 Å². The lowest BCUT2D eigenvalue weighted by Gasteiger charge is -2.26. The molecule has 2 N–H and O–H groups in total. The molecule has 0 bridgehead atoms. The number of rotatable bonds is 4. The molecule has 8 heteroatoms. The summed E-state index contributed by atoms with van der Waals surface area (Å²) in [6.07, 6.45) is 1.47. The third kappa shape index (κ3) is 4.28. The first-order valence-electron chi connectivity index (χ1n) is 8.17. The Morgan fingerprint density at radius 2 is 1.85 bits per heavy atom. The van der Waals surface area contributed by atoms with E-state index >= 15 is 0 Å². The molecule has 0 aromatic heterocycles. The lowest BCUT2D eigenvalue weighted by atomic mass is 10.0. The summed E-state index contributed by atoms with van der Waals surface area (Å²) in [4.78, 5) is 24.1. The number of benzene rings is 2. The summed E-state index contributed by atoms with van der Waals surface area (Å²) in [5, 5.41) is 5.51. The highest BCUT2D eigenvalue weighted by Gasteiger charge is 2.31. The van der Waals surface area contributed by atoms with E-state index in [2.05, 4.69) is 33.1 Å². The summed E-state index contributed by atoms with van der Waals surface area (Å²) < 4.78 is 25.3. The predicted octanol–water partition coefficient (Wildman–Crippen LogP) is 3.22. The fourth-order valence-electron chi connectivity index (χ4n) is 2.90. The van der Waals surface area contributed by atoms with Gasteiger partial charge in [0.2, 0.25) is 5.91 Å². The molecule has 140 valence electrons. The number of fused-ring (bicyclic) bond motifs is 1. The highest BCUT2D eigenvalue weighted by Crippen LogP contribution is 2.34. The van der Waals surface area contributed by atoms with Crippen LogP contribution in [0.3, 0.4) is 0 Å². The molecule has 1 unspecified atom stereocenters. The first-order chi connectivity index (χ1) is 12.8. The average Bonchev–Trinajstić information content (AvgIpc) is 2.64. The maximum absolute atomic E-state index is 12.6. The molecule has 1 aliphatic rings. The van der Waals surface area contributed by atoms with Crippen LogP contribution in [-0.2, 0) is 14.6 Å². The van der Waals surface area contributed by atoms with E-state index in [1.54, 1.807) is 42.5 Å². The van der Waals surface area contributed by atoms with E-state index in [4.69, 9.17) is 0 Å². The van der Waals surface area contributed by atoms with Gasteiger partial charge in [0.25, 0.3) is 5.91 Å². The van der Waals surface area contributed by atoms with Gasteiger partial charge in [0, 0.05) is 15.7 Å². The Bertz CT molecular complexity index is 1020. The second-order valence-electron chi connectivity index (χ2n) is 6.09. The van der Waals surface area contributed by atoms with E-state index in [1.807, 2.05) is 0 Å². The van der Waals surface area contributed by atoms with Crippen LogP contribution in [0.4, 0.5) is 5.69 Å². The van der Waals surface area contributed by atoms with Gasteiger partial charge in [-0.2, -0.15) is 0 Å². The predicted molar refractivity (Wildman–Crippen MR) is 106 cm³/mol. The molecule has 0 fully saturated rings. The highest BCUT2D eigenvalue weighted by molar-refractivity contribution is 9.10. The smallest absolute Gasteiger partial charge is 0.251 e. The SMILES string of the molecule is C=CC(=O)Nc1ccc(C(=O)NC2CCS(=O)(=O)c3ccc(Br)cc32)cc1. The maximum atomic E-state index is 12.6. The Morgan fingerprint density at radius 3 is 2.52 bits per heavy atom. The largest absolute Gasteiger partial charge is 0.345 e. The van der Waals surface area contributed by atoms with Crippen molar-refractivity contribution >= 4 is 43.3 Å². The van der Waals surface area contributed by atoms with Crippen LogP contribution in [0.5, 0.6) is 0 Å². The standard InChI is InChI=1S/C19H17BrN2O4S/c1-2-18(23)21-14-6-3-12(4-7-14)19(24)22-16-9-10-27(25,26)17-8-5-13(20)11-15(16)17/h2-8,11,16H,1,9-10H2,(H,21,23)(H,22,24). The number of carbonyl (C=O) groups is 2. The molecule has 0 radical (unpaired) electrons. The van der Waals surface area contributed by atoms with Crippen LogP contribution in [0.1, 0.15) is 28.4 Å². The van der Waals surface area contributed by atoms with Gasteiger partial charge in [0.15, 0.2) is 9.84 Å². The Kier molecular flexibility index (Phi) is 5.48. The first kappa shape index (κ1) is 19.3. The number of carbonyl (C=O) groups excluding carboxylic acids is 2. The van der Waals surface area contributed by atoms with Crippen LogP contribution in [-0.4, -0.2) is 26.0 Å². The Balaban J connectivity index is 1.79. The van der Waals surface area contributed by atoms with Crippen LogP contribution < -0.4 is 10.6 Å². The second kappa shape index (κ2) is 7.66. The third-order valence-corrected chi connectivity index (χ3v) is 6.57. The van der Waals surface area contributed by atoms with Gasteiger partial charge in [-0.1, -0.05) is 22.5 Å². The Hall–Kier alpha value is -2.45. The van der Waals surface area contributed by atoms with Crippen LogP contribution >= 0.6 is 15.9 Å². The van der Waals surface area contributed by atoms with Crippen molar-refractivity contribution in [1.29, 1.82) is 0 Å². The molecule has 27 heavy (non-hydrogen) atoms. The Labute approximate surface area is 165 Å². The number of halogens is 1. The molecule has 1 atom stereocenters. The number of amides is 2. The van der Waals surface area contributed by atoms with Crippen LogP contribution in [0.25, 0.3) is 0 Å². The molecule has 0 saturated heterocycles. The van der Waals surface area contributed by atoms with Gasteiger partial charge in [-0.05, 0) is 60.5 Å². The van der Waals surface area contributed by atoms with Gasteiger partial charge in [0.1, 0.15) is 0 Å². The summed E-state index contributed by atoms with van der Waals surface area (Å²) in [6, 6.07) is 11.0. The van der Waals surface area contributed by atoms with Crippen LogP contribution in [0.2, 0.25) is 0 Å². The number of hydrogen-bond donors (Lipinski definition) is 2. The van der Waals surface area contributed by atoms with Crippen LogP contribution in [0.15, 0.2) is 64.5 Å². The molecule has 2 aromatic carbocycles. The molecule has 0 saturated carbocycles. The van der Waals surface area contributed by atoms with Crippen molar-refractivity contribution in [2.75, 3.05) is 11.1 Å². The van der Waals surface area contributed by atoms with Gasteiger partial charge in [-0.3, -0.25) is 9.59 Å². The van der Waals surface area contributed by atoms with E-state index in [0.29, 0.717) is 23.2 Å². The van der Waals surface area contributed by atoms with Gasteiger partial charge < -0.3 is 10.6 Å². The Morgan fingerprint density at radius 1 is 1.15 bits per heavy atom. The second-order valence-corrected chi connectivity index (χ2v) is 9.08. The van der Waals surface area contributed by atoms with Gasteiger partial charge in [-0.15, -0.1) is 0 Å². The molecule has 0 spiro atoms. The molecule has 1 aliphatic heterocycles. The van der Waals surface area contributed by atoms with Crippen LogP contribution in [0, 0.1) is 0 Å². The average molecular weight is 449 g/mol. The molecular formula is C19H17BrN2O4S. The maximum Gasteiger partial charge on any atom is 0.251 e. The summed E-state index contributed by atoms with van der Waals surface area (Å²) in [6.45, 7) is 3.38. The molecule has 1 heterocycles. The summed E-state index contributed by atoms with van der Waals surface area (Å²) in [5.41, 5.74) is 1.55. The number of sulfone groups is 1. The zero-order valence-corrected chi connectivity index (χ0v) is 16.6. The van der Waals surface area contributed by atoms with Gasteiger partial charge in [0.05, 0.1) is 16.7 Å². The molecule has 6 nitrogen and oxygen atoms in total. The molecular weight excluding hydrogens is 432 g/mol. The summed E-state index contributed by atoms with van der Waals surface area (Å²) in [5.74, 6) is -0.663. The fraction of sp³-hybridized carbons (Fsp3) is 0.158. The molecule has 2 aromatic rings. The van der Waals surface area contributed by atoms with E-state index in [9.17, 15) is 18.0 Å². The minimum absolute atomic E-state index is 0.0148. The number of hydrogen-bond acceptors (Lipinski definition) is 4. The zero-order chi connectivity index (χ0) is 19.6. The third-order valence-electron chi connectivity index (χ3n) is 4.26. The minimum atomic E-state index is -3.33. The molecule has 3 rings (SSSR count). The van der Waals surface area contributed by atoms with Gasteiger partial charge in [-0.25, -0.2) is 8.42 Å². The minimum Gasteiger partial charge on any atom is -0.345 e. The summed E-state index contributed by atoms with van der Waals surface area (Å²) >= 11 is 3.35. The number of anilines is 1. The van der Waals surface area contributed by atoms with Crippen molar-refractivity contribution in [1.82, 2.24) is 5.32 Å². The lowest BCUT2D eigenvalue weighted by Crippen LogP contribution is -2.33. The van der Waals surface area contributed by atoms with Crippen molar-refractivity contribution < 1.29 is 18.0 Å². The fourth-order valence-corrected chi connectivity index (χ4v) is 4.88. The molecule has 0 aliphatic carbocycles. The highest BCUT2D eigenvalue weighted by atomic mass is 79.9. The quantitative estimate of drug-likeness (QED) is 0.702. The van der Waals surface area contributed by atoms with Crippen molar-refractivity contribution in [3.8, 4) is 0 Å². The summed E-state index contributed by atoms with van der Waals surface area (Å²) in [7, 11) is -3.33. The first-order valence-corrected chi connectivity index (χ1v) is 10.6. The van der Waals surface area contributed by atoms with E-state index in [0.717, 1.165) is 10.5 Å². The topological polar surface area (TPSA) is 92.3 Å². The van der Waals surface area contributed by atoms with Crippen molar-refractivity contribution in [3.05, 3.63) is 70.7 Å². The van der Waals surface area contributed by atoms with Crippen molar-refractivity contribution in [2.24, 2.45) is 0 Å². The normalized spacial score (nSPS) is 17.4. The molecule has 2 amide bonds. The van der Waals surface area contributed by atoms with E-state index in [1.165, 1.54) is 0 Å². The monoisotopic (exact) mass is 448 g/mol.